The SMILES string of the molecule is O=C(Cc1cccnc1)c1cc(F)ccc1Br. The van der Waals surface area contributed by atoms with Crippen LogP contribution in [0.1, 0.15) is 15.9 Å². The molecular formula is C13H9BrFNO. The van der Waals surface area contributed by atoms with Crippen molar-refractivity contribution >= 4 is 21.7 Å². The van der Waals surface area contributed by atoms with E-state index in [1.165, 1.54) is 18.2 Å². The van der Waals surface area contributed by atoms with Crippen LogP contribution in [0.5, 0.6) is 0 Å². The second-order valence-electron chi connectivity index (χ2n) is 3.59. The van der Waals surface area contributed by atoms with Gasteiger partial charge >= 0.3 is 0 Å². The molecule has 0 bridgehead atoms. The number of carbonyl (C=O) groups is 1. The molecule has 2 nitrogen and oxygen atoms in total. The van der Waals surface area contributed by atoms with E-state index in [1.54, 1.807) is 18.5 Å². The molecule has 2 rings (SSSR count). The molecule has 0 amide bonds. The molecule has 0 aliphatic heterocycles. The highest BCUT2D eigenvalue weighted by molar-refractivity contribution is 9.10. The van der Waals surface area contributed by atoms with Crippen LogP contribution >= 0.6 is 15.9 Å². The van der Waals surface area contributed by atoms with E-state index >= 15 is 0 Å². The fraction of sp³-hybridized carbons (Fsp3) is 0.0769. The fourth-order valence-corrected chi connectivity index (χ4v) is 1.96. The average Bonchev–Trinajstić information content (AvgIpc) is 2.33. The first-order valence-electron chi connectivity index (χ1n) is 5.04. The lowest BCUT2D eigenvalue weighted by atomic mass is 10.0. The third-order valence-corrected chi connectivity index (χ3v) is 3.01. The van der Waals surface area contributed by atoms with Gasteiger partial charge in [0.25, 0.3) is 0 Å². The first kappa shape index (κ1) is 11.9. The predicted molar refractivity (Wildman–Crippen MR) is 66.4 cm³/mol. The van der Waals surface area contributed by atoms with Crippen molar-refractivity contribution in [1.29, 1.82) is 0 Å². The molecule has 0 aliphatic rings. The number of carbonyl (C=O) groups excluding carboxylic acids is 1. The minimum atomic E-state index is -0.414. The van der Waals surface area contributed by atoms with Gasteiger partial charge in [0.1, 0.15) is 5.82 Å². The zero-order valence-corrected chi connectivity index (χ0v) is 10.4. The zero-order chi connectivity index (χ0) is 12.3. The lowest BCUT2D eigenvalue weighted by Crippen LogP contribution is -2.05. The number of Topliss-reactive ketones (excluding diaryl/α,β-unsaturated/α-hetero) is 1. The number of pyridine rings is 1. The Morgan fingerprint density at radius 3 is 2.88 bits per heavy atom. The minimum absolute atomic E-state index is 0.135. The number of hydrogen-bond acceptors (Lipinski definition) is 2. The topological polar surface area (TPSA) is 30.0 Å². The molecule has 0 unspecified atom stereocenters. The fourth-order valence-electron chi connectivity index (χ4n) is 1.49. The van der Waals surface area contributed by atoms with E-state index in [9.17, 15) is 9.18 Å². The first-order chi connectivity index (χ1) is 8.16. The van der Waals surface area contributed by atoms with Gasteiger partial charge in [-0.2, -0.15) is 0 Å². The molecule has 0 N–H and O–H groups in total. The highest BCUT2D eigenvalue weighted by atomic mass is 79.9. The quantitative estimate of drug-likeness (QED) is 0.812. The van der Waals surface area contributed by atoms with Gasteiger partial charge in [-0.25, -0.2) is 4.39 Å². The molecule has 1 aromatic heterocycles. The van der Waals surface area contributed by atoms with Gasteiger partial charge in [-0.15, -0.1) is 0 Å². The van der Waals surface area contributed by atoms with Gasteiger partial charge in [-0.3, -0.25) is 9.78 Å². The molecular weight excluding hydrogens is 285 g/mol. The number of halogens is 2. The summed E-state index contributed by atoms with van der Waals surface area (Å²) in [6.45, 7) is 0. The largest absolute Gasteiger partial charge is 0.294 e. The van der Waals surface area contributed by atoms with Gasteiger partial charge in [-0.1, -0.05) is 22.0 Å². The summed E-state index contributed by atoms with van der Waals surface area (Å²) >= 11 is 3.24. The molecule has 4 heteroatoms. The number of nitrogens with zero attached hydrogens (tertiary/aromatic N) is 1. The maximum absolute atomic E-state index is 13.1. The van der Waals surface area contributed by atoms with Crippen LogP contribution in [-0.4, -0.2) is 10.8 Å². The Bertz CT molecular complexity index is 542. The second kappa shape index (κ2) is 5.19. The van der Waals surface area contributed by atoms with Crippen molar-refractivity contribution in [1.82, 2.24) is 4.98 Å². The molecule has 2 aromatic rings. The Morgan fingerprint density at radius 1 is 1.35 bits per heavy atom. The van der Waals surface area contributed by atoms with E-state index < -0.39 is 5.82 Å². The number of hydrogen-bond donors (Lipinski definition) is 0. The van der Waals surface area contributed by atoms with Gasteiger partial charge in [0.2, 0.25) is 0 Å². The van der Waals surface area contributed by atoms with E-state index in [2.05, 4.69) is 20.9 Å². The number of aromatic nitrogens is 1. The van der Waals surface area contributed by atoms with E-state index in [-0.39, 0.29) is 12.2 Å². The zero-order valence-electron chi connectivity index (χ0n) is 8.86. The smallest absolute Gasteiger partial charge is 0.168 e. The molecule has 0 fully saturated rings. The molecule has 1 heterocycles. The van der Waals surface area contributed by atoms with Gasteiger partial charge in [0, 0.05) is 28.9 Å². The summed E-state index contributed by atoms with van der Waals surface area (Å²) in [6, 6.07) is 7.67. The standard InChI is InChI=1S/C13H9BrFNO/c14-12-4-3-10(15)7-11(12)13(17)6-9-2-1-5-16-8-9/h1-5,7-8H,6H2. The number of benzene rings is 1. The third kappa shape index (κ3) is 2.97. The van der Waals surface area contributed by atoms with Crippen molar-refractivity contribution < 1.29 is 9.18 Å². The van der Waals surface area contributed by atoms with Crippen molar-refractivity contribution in [2.45, 2.75) is 6.42 Å². The van der Waals surface area contributed by atoms with E-state index in [4.69, 9.17) is 0 Å². The highest BCUT2D eigenvalue weighted by Gasteiger charge is 2.11. The van der Waals surface area contributed by atoms with Crippen LogP contribution in [0.3, 0.4) is 0 Å². The molecule has 0 saturated carbocycles. The summed E-state index contributed by atoms with van der Waals surface area (Å²) in [5, 5.41) is 0. The Kier molecular flexibility index (Phi) is 3.64. The molecule has 0 atom stereocenters. The molecule has 0 saturated heterocycles. The molecule has 0 radical (unpaired) electrons. The van der Waals surface area contributed by atoms with Crippen molar-refractivity contribution in [3.63, 3.8) is 0 Å². The lowest BCUT2D eigenvalue weighted by molar-refractivity contribution is 0.0991. The van der Waals surface area contributed by atoms with E-state index in [0.29, 0.717) is 10.0 Å². The van der Waals surface area contributed by atoms with E-state index in [0.717, 1.165) is 5.56 Å². The summed E-state index contributed by atoms with van der Waals surface area (Å²) in [5.74, 6) is -0.549. The van der Waals surface area contributed by atoms with Crippen LogP contribution in [0.2, 0.25) is 0 Å². The monoisotopic (exact) mass is 293 g/mol. The Balaban J connectivity index is 2.23. The molecule has 1 aromatic carbocycles. The lowest BCUT2D eigenvalue weighted by Gasteiger charge is -2.03. The van der Waals surface area contributed by atoms with Gasteiger partial charge in [0.15, 0.2) is 5.78 Å². The van der Waals surface area contributed by atoms with Crippen molar-refractivity contribution in [3.05, 3.63) is 64.1 Å². The Labute approximate surface area is 107 Å². The van der Waals surface area contributed by atoms with Gasteiger partial charge in [-0.05, 0) is 29.8 Å². The number of rotatable bonds is 3. The average molecular weight is 294 g/mol. The Morgan fingerprint density at radius 2 is 2.18 bits per heavy atom. The van der Waals surface area contributed by atoms with Crippen LogP contribution in [-0.2, 0) is 6.42 Å². The van der Waals surface area contributed by atoms with E-state index in [1.807, 2.05) is 6.07 Å². The minimum Gasteiger partial charge on any atom is -0.294 e. The summed E-state index contributed by atoms with van der Waals surface area (Å²) in [7, 11) is 0. The molecule has 0 aliphatic carbocycles. The second-order valence-corrected chi connectivity index (χ2v) is 4.44. The van der Waals surface area contributed by atoms with Crippen LogP contribution in [0.15, 0.2) is 47.2 Å². The van der Waals surface area contributed by atoms with Crippen LogP contribution in [0, 0.1) is 5.82 Å². The van der Waals surface area contributed by atoms with Crippen molar-refractivity contribution in [2.75, 3.05) is 0 Å². The Hall–Kier alpha value is -1.55. The predicted octanol–water partition coefficient (Wildman–Crippen LogP) is 3.41. The summed E-state index contributed by atoms with van der Waals surface area (Å²) in [4.78, 5) is 15.9. The summed E-state index contributed by atoms with van der Waals surface area (Å²) in [6.07, 6.45) is 3.49. The molecule has 0 spiro atoms. The maximum Gasteiger partial charge on any atom is 0.168 e. The van der Waals surface area contributed by atoms with Crippen molar-refractivity contribution in [3.8, 4) is 0 Å². The number of ketones is 1. The molecule has 86 valence electrons. The van der Waals surface area contributed by atoms with Gasteiger partial charge < -0.3 is 0 Å². The van der Waals surface area contributed by atoms with Crippen LogP contribution < -0.4 is 0 Å². The first-order valence-corrected chi connectivity index (χ1v) is 5.83. The van der Waals surface area contributed by atoms with Gasteiger partial charge in [0.05, 0.1) is 0 Å². The summed E-state index contributed by atoms with van der Waals surface area (Å²) < 4.78 is 13.7. The third-order valence-electron chi connectivity index (χ3n) is 2.32. The summed E-state index contributed by atoms with van der Waals surface area (Å²) in [5.41, 5.74) is 1.17. The molecule has 17 heavy (non-hydrogen) atoms. The van der Waals surface area contributed by atoms with Crippen LogP contribution in [0.4, 0.5) is 4.39 Å². The maximum atomic E-state index is 13.1. The highest BCUT2D eigenvalue weighted by Crippen LogP contribution is 2.19. The van der Waals surface area contributed by atoms with Crippen LogP contribution in [0.25, 0.3) is 0 Å². The normalized spacial score (nSPS) is 10.2. The van der Waals surface area contributed by atoms with Crippen molar-refractivity contribution in [2.24, 2.45) is 0 Å².